The van der Waals surface area contributed by atoms with Crippen molar-refractivity contribution in [2.45, 2.75) is 172 Å². The molecule has 0 aromatic heterocycles. The van der Waals surface area contributed by atoms with E-state index >= 15 is 0 Å². The van der Waals surface area contributed by atoms with E-state index in [9.17, 15) is 5.11 Å². The van der Waals surface area contributed by atoms with Gasteiger partial charge in [-0.2, -0.15) is 0 Å². The van der Waals surface area contributed by atoms with E-state index in [1.807, 2.05) is 0 Å². The molecule has 0 amide bonds. The van der Waals surface area contributed by atoms with Crippen LogP contribution in [0, 0.1) is 0 Å². The lowest BCUT2D eigenvalue weighted by atomic mass is 10.0. The van der Waals surface area contributed by atoms with Gasteiger partial charge in [0.25, 0.3) is 0 Å². The average Bonchev–Trinajstić information content (AvgIpc) is 3.44. The van der Waals surface area contributed by atoms with Crippen LogP contribution >= 0.6 is 0 Å². The van der Waals surface area contributed by atoms with Crippen molar-refractivity contribution in [3.05, 3.63) is 12.7 Å². The highest BCUT2D eigenvalue weighted by Gasteiger charge is 2.44. The molecule has 200 valence electrons. The summed E-state index contributed by atoms with van der Waals surface area (Å²) < 4.78 is 19.9. The Morgan fingerprint density at radius 3 is 2.00 bits per heavy atom. The van der Waals surface area contributed by atoms with Crippen LogP contribution in [0.1, 0.15) is 118 Å². The fourth-order valence-corrected chi connectivity index (χ4v) is 6.54. The van der Waals surface area contributed by atoms with Gasteiger partial charge in [-0.1, -0.05) is 85.1 Å². The zero-order chi connectivity index (χ0) is 25.2. The molecule has 2 fully saturated rings. The zero-order valence-corrected chi connectivity index (χ0v) is 24.3. The third-order valence-corrected chi connectivity index (χ3v) is 12.9. The number of hydrogen-bond donors (Lipinski definition) is 1. The van der Waals surface area contributed by atoms with Crippen molar-refractivity contribution in [1.82, 2.24) is 0 Å². The second-order valence-corrected chi connectivity index (χ2v) is 17.1. The minimum Gasteiger partial charge on any atom is -0.411 e. The molecule has 0 bridgehead atoms. The van der Waals surface area contributed by atoms with Crippen LogP contribution in [0.15, 0.2) is 12.7 Å². The zero-order valence-electron chi connectivity index (χ0n) is 23.3. The van der Waals surface area contributed by atoms with Gasteiger partial charge in [-0.15, -0.1) is 6.58 Å². The first-order valence-corrected chi connectivity index (χ1v) is 17.3. The summed E-state index contributed by atoms with van der Waals surface area (Å²) >= 11 is 0. The normalized spacial score (nSPS) is 27.7. The fraction of sp³-hybridized carbons (Fsp3) is 0.931. The van der Waals surface area contributed by atoms with Crippen molar-refractivity contribution in [2.24, 2.45) is 0 Å². The minimum atomic E-state index is -1.87. The quantitative estimate of drug-likeness (QED) is 0.134. The van der Waals surface area contributed by atoms with E-state index in [0.717, 1.165) is 32.1 Å². The molecular weight excluding hydrogens is 440 g/mol. The van der Waals surface area contributed by atoms with Crippen LogP contribution in [-0.4, -0.2) is 50.0 Å². The summed E-state index contributed by atoms with van der Waals surface area (Å²) in [6.45, 7) is 17.7. The highest BCUT2D eigenvalue weighted by Crippen LogP contribution is 2.41. The Balaban J connectivity index is 1.88. The van der Waals surface area contributed by atoms with E-state index in [1.54, 1.807) is 6.08 Å². The van der Waals surface area contributed by atoms with Gasteiger partial charge in [-0.05, 0) is 56.7 Å². The van der Waals surface area contributed by atoms with E-state index < -0.39 is 14.4 Å². The largest absolute Gasteiger partial charge is 0.411 e. The summed E-state index contributed by atoms with van der Waals surface area (Å²) in [4.78, 5) is 0. The van der Waals surface area contributed by atoms with Crippen LogP contribution in [0.2, 0.25) is 18.1 Å². The Morgan fingerprint density at radius 1 is 0.912 bits per heavy atom. The minimum absolute atomic E-state index is 0.0812. The summed E-state index contributed by atoms with van der Waals surface area (Å²) in [6.07, 6.45) is 18.2. The lowest BCUT2D eigenvalue weighted by molar-refractivity contribution is -0.107. The molecule has 2 aliphatic heterocycles. The first-order chi connectivity index (χ1) is 16.1. The molecule has 2 aliphatic rings. The average molecular weight is 497 g/mol. The first-order valence-electron chi connectivity index (χ1n) is 14.4. The Kier molecular flexibility index (Phi) is 12.8. The molecule has 0 unspecified atom stereocenters. The Morgan fingerprint density at radius 2 is 1.44 bits per heavy atom. The van der Waals surface area contributed by atoms with Crippen LogP contribution in [0.4, 0.5) is 0 Å². The van der Waals surface area contributed by atoms with E-state index in [0.29, 0.717) is 6.42 Å². The van der Waals surface area contributed by atoms with Crippen LogP contribution in [0.25, 0.3) is 0 Å². The van der Waals surface area contributed by atoms with E-state index in [-0.39, 0.29) is 35.6 Å². The van der Waals surface area contributed by atoms with Gasteiger partial charge in [0.05, 0.1) is 36.6 Å². The molecule has 0 aliphatic carbocycles. The van der Waals surface area contributed by atoms with Gasteiger partial charge in [0.15, 0.2) is 8.32 Å². The molecule has 0 spiro atoms. The second-order valence-electron chi connectivity index (χ2n) is 12.4. The number of aliphatic hydroxyl groups excluding tert-OH is 1. The molecular formula is C29H56O4Si. The third kappa shape index (κ3) is 9.35. The van der Waals surface area contributed by atoms with Gasteiger partial charge < -0.3 is 19.0 Å². The van der Waals surface area contributed by atoms with Crippen molar-refractivity contribution in [2.75, 3.05) is 0 Å². The van der Waals surface area contributed by atoms with Crippen LogP contribution in [0.5, 0.6) is 0 Å². The smallest absolute Gasteiger partial charge is 0.192 e. The Bertz CT molecular complexity index is 573. The fourth-order valence-electron chi connectivity index (χ4n) is 5.16. The highest BCUT2D eigenvalue weighted by molar-refractivity contribution is 6.74. The standard InChI is InChI=1S/C29H56O4Si/c1-8-10-11-12-13-14-15-16-18-28(33-34(6,7)29(3,4)5)27-22-21-26(32-27)25-20-19-24(31-25)23(30)17-9-2/h9,23-28,30H,2,8,10-22H2,1,3-7H3/t23-,24+,25+,26+,27+,28+/m0/s1. The summed E-state index contributed by atoms with van der Waals surface area (Å²) in [5, 5.41) is 10.5. The predicted molar refractivity (Wildman–Crippen MR) is 146 cm³/mol. The summed E-state index contributed by atoms with van der Waals surface area (Å²) in [6, 6.07) is 0. The van der Waals surface area contributed by atoms with Gasteiger partial charge in [-0.25, -0.2) is 0 Å². The number of ether oxygens (including phenoxy) is 2. The van der Waals surface area contributed by atoms with Gasteiger partial charge >= 0.3 is 0 Å². The topological polar surface area (TPSA) is 47.9 Å². The number of hydrogen-bond acceptors (Lipinski definition) is 4. The molecule has 6 atom stereocenters. The van der Waals surface area contributed by atoms with Crippen LogP contribution in [-0.2, 0) is 13.9 Å². The first kappa shape index (κ1) is 30.0. The van der Waals surface area contributed by atoms with Gasteiger partial charge in [0.1, 0.15) is 0 Å². The molecule has 0 aromatic carbocycles. The SMILES string of the molecule is C=CC[C@H](O)[C@H]1CC[C@H]([C@H]2CC[C@H]([C@@H](CCCCCCCCCC)O[Si](C)(C)C(C)(C)C)O2)O1. The van der Waals surface area contributed by atoms with Crippen molar-refractivity contribution in [1.29, 1.82) is 0 Å². The maximum absolute atomic E-state index is 10.3. The molecule has 0 saturated carbocycles. The molecule has 5 heteroatoms. The Labute approximate surface area is 212 Å². The van der Waals surface area contributed by atoms with Gasteiger partial charge in [0, 0.05) is 0 Å². The Hall–Kier alpha value is -0.203. The van der Waals surface area contributed by atoms with Crippen LogP contribution in [0.3, 0.4) is 0 Å². The molecule has 1 N–H and O–H groups in total. The number of aliphatic hydroxyl groups is 1. The maximum Gasteiger partial charge on any atom is 0.192 e. The monoisotopic (exact) mass is 496 g/mol. The van der Waals surface area contributed by atoms with Crippen LogP contribution < -0.4 is 0 Å². The highest BCUT2D eigenvalue weighted by atomic mass is 28.4. The van der Waals surface area contributed by atoms with Gasteiger partial charge in [-0.3, -0.25) is 0 Å². The van der Waals surface area contributed by atoms with Crippen molar-refractivity contribution < 1.29 is 19.0 Å². The van der Waals surface area contributed by atoms with E-state index in [4.69, 9.17) is 13.9 Å². The summed E-state index contributed by atoms with van der Waals surface area (Å²) in [7, 11) is -1.87. The van der Waals surface area contributed by atoms with Gasteiger partial charge in [0.2, 0.25) is 0 Å². The molecule has 34 heavy (non-hydrogen) atoms. The van der Waals surface area contributed by atoms with E-state index in [1.165, 1.54) is 51.4 Å². The lowest BCUT2D eigenvalue weighted by Gasteiger charge is -2.41. The third-order valence-electron chi connectivity index (χ3n) is 8.43. The molecule has 4 nitrogen and oxygen atoms in total. The molecule has 0 radical (unpaired) electrons. The maximum atomic E-state index is 10.3. The number of rotatable bonds is 16. The molecule has 2 saturated heterocycles. The van der Waals surface area contributed by atoms with E-state index in [2.05, 4.69) is 47.4 Å². The summed E-state index contributed by atoms with van der Waals surface area (Å²) in [5.74, 6) is 0. The summed E-state index contributed by atoms with van der Waals surface area (Å²) in [5.41, 5.74) is 0. The van der Waals surface area contributed by atoms with Crippen molar-refractivity contribution in [3.63, 3.8) is 0 Å². The van der Waals surface area contributed by atoms with Crippen molar-refractivity contribution >= 4 is 8.32 Å². The van der Waals surface area contributed by atoms with Crippen molar-refractivity contribution in [3.8, 4) is 0 Å². The predicted octanol–water partition coefficient (Wildman–Crippen LogP) is 7.94. The lowest BCUT2D eigenvalue weighted by Crippen LogP contribution is -2.47. The molecule has 2 heterocycles. The second kappa shape index (κ2) is 14.5. The molecule has 0 aromatic rings. The molecule has 2 rings (SSSR count). The number of unbranched alkanes of at least 4 members (excludes halogenated alkanes) is 7.